The molecule has 1 saturated heterocycles. The number of nitrogens with zero attached hydrogens (tertiary/aromatic N) is 3. The number of sulfonamides is 1. The number of aliphatic hydroxyl groups is 2. The zero-order valence-corrected chi connectivity index (χ0v) is 17.0. The Morgan fingerprint density at radius 3 is 2.45 bits per heavy atom. The van der Waals surface area contributed by atoms with E-state index in [0.717, 1.165) is 34.6 Å². The summed E-state index contributed by atoms with van der Waals surface area (Å²) in [7, 11) is -4.37. The lowest BCUT2D eigenvalue weighted by molar-refractivity contribution is -0.104. The van der Waals surface area contributed by atoms with Crippen molar-refractivity contribution in [1.29, 1.82) is 10.5 Å². The molecule has 0 spiro atoms. The van der Waals surface area contributed by atoms with E-state index in [4.69, 9.17) is 10.00 Å². The van der Waals surface area contributed by atoms with Crippen molar-refractivity contribution >= 4 is 10.0 Å². The molecule has 1 fully saturated rings. The topological polar surface area (TPSA) is 135 Å². The lowest BCUT2D eigenvalue weighted by atomic mass is 9.94. The lowest BCUT2D eigenvalue weighted by Gasteiger charge is -2.31. The highest BCUT2D eigenvalue weighted by Gasteiger charge is 2.54. The van der Waals surface area contributed by atoms with Crippen LogP contribution in [-0.2, 0) is 10.0 Å². The van der Waals surface area contributed by atoms with Crippen LogP contribution in [0.25, 0.3) is 0 Å². The van der Waals surface area contributed by atoms with Crippen LogP contribution in [0.15, 0.2) is 41.3 Å². The van der Waals surface area contributed by atoms with Gasteiger partial charge < -0.3 is 14.9 Å². The molecule has 0 saturated carbocycles. The van der Waals surface area contributed by atoms with Gasteiger partial charge in [-0.2, -0.15) is 14.8 Å². The molecule has 1 heterocycles. The SMILES string of the molecule is C[C@H](O)[C@]1(O)CN(S(=O)(=O)c2ccc(F)cc2C#N)C[C@@H]1Oc1ccc(C#N)c(F)c1. The number of rotatable bonds is 5. The first-order valence-corrected chi connectivity index (χ1v) is 10.4. The van der Waals surface area contributed by atoms with Crippen LogP contribution >= 0.6 is 0 Å². The summed E-state index contributed by atoms with van der Waals surface area (Å²) in [5.74, 6) is -1.74. The Bertz CT molecular complexity index is 1210. The molecule has 2 N–H and O–H groups in total. The molecule has 0 bridgehead atoms. The Labute approximate surface area is 177 Å². The van der Waals surface area contributed by atoms with Crippen LogP contribution < -0.4 is 4.74 Å². The fourth-order valence-electron chi connectivity index (χ4n) is 3.29. The number of hydrogen-bond donors (Lipinski definition) is 2. The highest BCUT2D eigenvalue weighted by molar-refractivity contribution is 7.89. The normalized spacial score (nSPS) is 22.5. The average Bonchev–Trinajstić information content (AvgIpc) is 3.06. The maximum absolute atomic E-state index is 13.9. The smallest absolute Gasteiger partial charge is 0.244 e. The molecule has 1 aliphatic heterocycles. The predicted molar refractivity (Wildman–Crippen MR) is 102 cm³/mol. The minimum absolute atomic E-state index is 0.0840. The second kappa shape index (κ2) is 8.21. The van der Waals surface area contributed by atoms with Gasteiger partial charge in [0.05, 0.1) is 23.8 Å². The first-order chi connectivity index (χ1) is 14.5. The minimum Gasteiger partial charge on any atom is -0.486 e. The molecule has 162 valence electrons. The van der Waals surface area contributed by atoms with Crippen molar-refractivity contribution in [3.8, 4) is 17.9 Å². The van der Waals surface area contributed by atoms with E-state index >= 15 is 0 Å². The second-order valence-corrected chi connectivity index (χ2v) is 8.98. The summed E-state index contributed by atoms with van der Waals surface area (Å²) in [5.41, 5.74) is -2.71. The Morgan fingerprint density at radius 1 is 1.19 bits per heavy atom. The molecule has 0 aromatic heterocycles. The molecule has 3 rings (SSSR count). The summed E-state index contributed by atoms with van der Waals surface area (Å²) in [6.45, 7) is 0.219. The van der Waals surface area contributed by atoms with E-state index in [1.807, 2.05) is 0 Å². The van der Waals surface area contributed by atoms with Crippen LogP contribution in [0.5, 0.6) is 5.75 Å². The number of hydrogen-bond acceptors (Lipinski definition) is 7. The van der Waals surface area contributed by atoms with Crippen LogP contribution in [0.1, 0.15) is 18.1 Å². The van der Waals surface area contributed by atoms with Gasteiger partial charge in [-0.15, -0.1) is 0 Å². The summed E-state index contributed by atoms with van der Waals surface area (Å²) in [6.07, 6.45) is -2.75. The van der Waals surface area contributed by atoms with Gasteiger partial charge in [0.2, 0.25) is 10.0 Å². The summed E-state index contributed by atoms with van der Waals surface area (Å²) < 4.78 is 59.9. The van der Waals surface area contributed by atoms with Gasteiger partial charge in [-0.1, -0.05) is 0 Å². The fraction of sp³-hybridized carbons (Fsp3) is 0.300. The zero-order valence-electron chi connectivity index (χ0n) is 16.2. The monoisotopic (exact) mass is 449 g/mol. The largest absolute Gasteiger partial charge is 0.486 e. The molecule has 2 aromatic carbocycles. The third kappa shape index (κ3) is 4.09. The van der Waals surface area contributed by atoms with E-state index in [2.05, 4.69) is 0 Å². The highest BCUT2D eigenvalue weighted by Crippen LogP contribution is 2.34. The Hall–Kier alpha value is -3.09. The van der Waals surface area contributed by atoms with E-state index in [0.29, 0.717) is 0 Å². The number of ether oxygens (including phenoxy) is 1. The van der Waals surface area contributed by atoms with Crippen LogP contribution in [0.3, 0.4) is 0 Å². The average molecular weight is 449 g/mol. The van der Waals surface area contributed by atoms with Gasteiger partial charge in [-0.05, 0) is 37.3 Å². The van der Waals surface area contributed by atoms with Gasteiger partial charge in [0, 0.05) is 12.6 Å². The molecule has 0 aliphatic carbocycles. The number of nitriles is 2. The van der Waals surface area contributed by atoms with Crippen LogP contribution in [0.4, 0.5) is 8.78 Å². The van der Waals surface area contributed by atoms with E-state index in [1.54, 1.807) is 12.1 Å². The Morgan fingerprint density at radius 2 is 1.87 bits per heavy atom. The Kier molecular flexibility index (Phi) is 5.98. The van der Waals surface area contributed by atoms with Gasteiger partial charge in [0.1, 0.15) is 46.1 Å². The summed E-state index contributed by atoms with van der Waals surface area (Å²) >= 11 is 0. The van der Waals surface area contributed by atoms with Crippen molar-refractivity contribution in [2.24, 2.45) is 0 Å². The van der Waals surface area contributed by atoms with E-state index in [1.165, 1.54) is 13.0 Å². The highest BCUT2D eigenvalue weighted by atomic mass is 32.2. The molecular formula is C20H17F2N3O5S. The molecule has 3 atom stereocenters. The summed E-state index contributed by atoms with van der Waals surface area (Å²) in [4.78, 5) is -0.464. The first kappa shape index (κ1) is 22.6. The molecular weight excluding hydrogens is 432 g/mol. The number of halogens is 2. The second-order valence-electron chi connectivity index (χ2n) is 7.08. The molecule has 0 amide bonds. The zero-order chi connectivity index (χ0) is 23.0. The Balaban J connectivity index is 1.96. The van der Waals surface area contributed by atoms with E-state index < -0.39 is 63.0 Å². The van der Waals surface area contributed by atoms with Crippen molar-refractivity contribution < 1.29 is 32.1 Å². The molecule has 1 aliphatic rings. The summed E-state index contributed by atoms with van der Waals surface area (Å²) in [6, 6.07) is 9.21. The maximum atomic E-state index is 13.9. The van der Waals surface area contributed by atoms with Gasteiger partial charge >= 0.3 is 0 Å². The van der Waals surface area contributed by atoms with Crippen molar-refractivity contribution in [2.45, 2.75) is 29.6 Å². The van der Waals surface area contributed by atoms with Crippen LogP contribution in [0.2, 0.25) is 0 Å². The van der Waals surface area contributed by atoms with Crippen LogP contribution in [-0.4, -0.2) is 53.8 Å². The van der Waals surface area contributed by atoms with Crippen molar-refractivity contribution in [1.82, 2.24) is 4.31 Å². The first-order valence-electron chi connectivity index (χ1n) is 8.99. The van der Waals surface area contributed by atoms with Crippen molar-refractivity contribution in [3.05, 3.63) is 59.2 Å². The minimum atomic E-state index is -4.37. The predicted octanol–water partition coefficient (Wildman–Crippen LogP) is 1.27. The van der Waals surface area contributed by atoms with Crippen molar-refractivity contribution in [2.75, 3.05) is 13.1 Å². The molecule has 0 unspecified atom stereocenters. The quantitative estimate of drug-likeness (QED) is 0.702. The van der Waals surface area contributed by atoms with Crippen LogP contribution in [0, 0.1) is 34.3 Å². The van der Waals surface area contributed by atoms with Gasteiger partial charge in [0.15, 0.2) is 0 Å². The number of aliphatic hydroxyl groups excluding tert-OH is 1. The summed E-state index contributed by atoms with van der Waals surface area (Å²) in [5, 5.41) is 39.1. The fourth-order valence-corrected chi connectivity index (χ4v) is 4.90. The van der Waals surface area contributed by atoms with E-state index in [9.17, 15) is 32.7 Å². The molecule has 0 radical (unpaired) electrons. The third-order valence-electron chi connectivity index (χ3n) is 5.10. The molecule has 11 heteroatoms. The van der Waals surface area contributed by atoms with E-state index in [-0.39, 0.29) is 11.3 Å². The van der Waals surface area contributed by atoms with Gasteiger partial charge in [0.25, 0.3) is 0 Å². The number of benzene rings is 2. The lowest BCUT2D eigenvalue weighted by Crippen LogP contribution is -2.53. The standard InChI is InChI=1S/C20H17F2N3O5S/c1-12(26)20(27)11-25(31(28,29)18-5-3-15(21)6-14(18)9-24)10-19(20)30-16-4-2-13(8-23)17(22)7-16/h2-7,12,19,26-27H,10-11H2,1H3/t12-,19-,20+/m0/s1. The van der Waals surface area contributed by atoms with Gasteiger partial charge in [-0.3, -0.25) is 0 Å². The molecule has 31 heavy (non-hydrogen) atoms. The molecule has 8 nitrogen and oxygen atoms in total. The third-order valence-corrected chi connectivity index (χ3v) is 6.97. The van der Waals surface area contributed by atoms with Crippen molar-refractivity contribution in [3.63, 3.8) is 0 Å². The molecule has 2 aromatic rings. The van der Waals surface area contributed by atoms with Gasteiger partial charge in [-0.25, -0.2) is 17.2 Å². The number of β-amino-alcohol motifs (C(OH)–C–C–N with tert-alkyl or cyclic N) is 1. The maximum Gasteiger partial charge on any atom is 0.244 e.